The van der Waals surface area contributed by atoms with E-state index in [2.05, 4.69) is 71.1 Å². The van der Waals surface area contributed by atoms with Crippen LogP contribution in [0.5, 0.6) is 0 Å². The minimum atomic E-state index is 0.831. The summed E-state index contributed by atoms with van der Waals surface area (Å²) in [5.41, 5.74) is 0. The van der Waals surface area contributed by atoms with E-state index in [1.165, 1.54) is 10.8 Å². The molecule has 0 unspecified atom stereocenters. The number of anilines is 2. The summed E-state index contributed by atoms with van der Waals surface area (Å²) in [4.78, 5) is 0. The Morgan fingerprint density at radius 2 is 1.25 bits per heavy atom. The molecule has 0 amide bonds. The molecular formula is C16H18N4. The van der Waals surface area contributed by atoms with Gasteiger partial charge in [0, 0.05) is 23.9 Å². The van der Waals surface area contributed by atoms with Gasteiger partial charge in [-0.2, -0.15) is 0 Å². The van der Waals surface area contributed by atoms with Crippen molar-refractivity contribution in [2.24, 2.45) is 0 Å². The molecule has 0 fully saturated rings. The highest BCUT2D eigenvalue weighted by Crippen LogP contribution is 2.30. The fourth-order valence-corrected chi connectivity index (χ4v) is 2.44. The van der Waals surface area contributed by atoms with Crippen molar-refractivity contribution in [3.8, 4) is 0 Å². The number of fused-ring (bicyclic) bond motifs is 2. The summed E-state index contributed by atoms with van der Waals surface area (Å²) in [5.74, 6) is 1.69. The molecule has 2 aromatic carbocycles. The highest BCUT2D eigenvalue weighted by molar-refractivity contribution is 6.06. The Hall–Kier alpha value is -2.36. The first-order valence-corrected chi connectivity index (χ1v) is 7.00. The van der Waals surface area contributed by atoms with E-state index in [-0.39, 0.29) is 0 Å². The topological polar surface area (TPSA) is 49.8 Å². The van der Waals surface area contributed by atoms with Gasteiger partial charge < -0.3 is 10.6 Å². The van der Waals surface area contributed by atoms with Crippen molar-refractivity contribution in [1.29, 1.82) is 0 Å². The van der Waals surface area contributed by atoms with E-state index in [1.807, 2.05) is 0 Å². The van der Waals surface area contributed by atoms with Crippen LogP contribution in [0.3, 0.4) is 0 Å². The van der Waals surface area contributed by atoms with Crippen LogP contribution in [0.25, 0.3) is 21.5 Å². The van der Waals surface area contributed by atoms with Crippen LogP contribution in [0.2, 0.25) is 0 Å². The Kier molecular flexibility index (Phi) is 3.37. The Bertz CT molecular complexity index is 688. The second-order valence-electron chi connectivity index (χ2n) is 4.70. The molecule has 3 rings (SSSR count). The molecule has 0 radical (unpaired) electrons. The molecule has 1 aromatic heterocycles. The first-order chi connectivity index (χ1) is 9.83. The zero-order valence-electron chi connectivity index (χ0n) is 11.8. The van der Waals surface area contributed by atoms with Crippen LogP contribution in [0.15, 0.2) is 36.4 Å². The van der Waals surface area contributed by atoms with Crippen LogP contribution in [0, 0.1) is 0 Å². The molecule has 0 bridgehead atoms. The van der Waals surface area contributed by atoms with E-state index in [4.69, 9.17) is 0 Å². The molecule has 0 aliphatic carbocycles. The molecule has 0 aliphatic rings. The molecule has 4 heteroatoms. The minimum Gasteiger partial charge on any atom is -0.368 e. The highest BCUT2D eigenvalue weighted by atomic mass is 15.2. The number of hydrogen-bond acceptors (Lipinski definition) is 4. The lowest BCUT2D eigenvalue weighted by Gasteiger charge is -2.11. The second-order valence-corrected chi connectivity index (χ2v) is 4.70. The van der Waals surface area contributed by atoms with Gasteiger partial charge in [0.1, 0.15) is 0 Å². The summed E-state index contributed by atoms with van der Waals surface area (Å²) in [6.07, 6.45) is 0. The van der Waals surface area contributed by atoms with Gasteiger partial charge in [0.25, 0.3) is 0 Å². The van der Waals surface area contributed by atoms with Gasteiger partial charge in [-0.25, -0.2) is 0 Å². The number of nitrogens with one attached hydrogen (secondary N) is 2. The van der Waals surface area contributed by atoms with Crippen LogP contribution in [-0.4, -0.2) is 23.3 Å². The van der Waals surface area contributed by atoms with Gasteiger partial charge >= 0.3 is 0 Å². The average molecular weight is 266 g/mol. The lowest BCUT2D eigenvalue weighted by atomic mass is 10.0. The molecule has 1 heterocycles. The van der Waals surface area contributed by atoms with Crippen molar-refractivity contribution in [1.82, 2.24) is 10.2 Å². The quantitative estimate of drug-likeness (QED) is 0.708. The van der Waals surface area contributed by atoms with Crippen LogP contribution in [0.1, 0.15) is 13.8 Å². The van der Waals surface area contributed by atoms with Crippen molar-refractivity contribution >= 4 is 33.2 Å². The Morgan fingerprint density at radius 3 is 1.65 bits per heavy atom. The summed E-state index contributed by atoms with van der Waals surface area (Å²) in [5, 5.41) is 19.8. The van der Waals surface area contributed by atoms with E-state index in [0.717, 1.165) is 35.5 Å². The standard InChI is InChI=1S/C16H18N4/c1-3-17-15-13-9-11-7-5-6-8-12(11)10-14(13)16(18-4-2)20-19-15/h5-10H,3-4H2,1-2H3,(H,17,19)(H,18,20). The first-order valence-electron chi connectivity index (χ1n) is 7.00. The maximum absolute atomic E-state index is 4.30. The third-order valence-corrected chi connectivity index (χ3v) is 3.33. The number of hydrogen-bond donors (Lipinski definition) is 2. The average Bonchev–Trinajstić information content (AvgIpc) is 2.48. The summed E-state index contributed by atoms with van der Waals surface area (Å²) < 4.78 is 0. The van der Waals surface area contributed by atoms with Crippen LogP contribution >= 0.6 is 0 Å². The fraction of sp³-hybridized carbons (Fsp3) is 0.250. The van der Waals surface area contributed by atoms with E-state index in [1.54, 1.807) is 0 Å². The van der Waals surface area contributed by atoms with Gasteiger partial charge in [-0.05, 0) is 36.8 Å². The normalized spacial score (nSPS) is 10.9. The van der Waals surface area contributed by atoms with Gasteiger partial charge in [0.05, 0.1) is 0 Å². The van der Waals surface area contributed by atoms with Crippen LogP contribution in [-0.2, 0) is 0 Å². The SMILES string of the molecule is CCNc1nnc(NCC)c2cc3ccccc3cc12. The maximum atomic E-state index is 4.30. The fourth-order valence-electron chi connectivity index (χ4n) is 2.44. The van der Waals surface area contributed by atoms with Crippen molar-refractivity contribution in [2.45, 2.75) is 13.8 Å². The van der Waals surface area contributed by atoms with E-state index >= 15 is 0 Å². The van der Waals surface area contributed by atoms with Crippen LogP contribution < -0.4 is 10.6 Å². The Balaban J connectivity index is 2.33. The van der Waals surface area contributed by atoms with Gasteiger partial charge in [-0.15, -0.1) is 10.2 Å². The number of rotatable bonds is 4. The third-order valence-electron chi connectivity index (χ3n) is 3.33. The lowest BCUT2D eigenvalue weighted by Crippen LogP contribution is -2.06. The predicted molar refractivity (Wildman–Crippen MR) is 85.4 cm³/mol. The number of nitrogens with zero attached hydrogens (tertiary/aromatic N) is 2. The van der Waals surface area contributed by atoms with Crippen molar-refractivity contribution in [2.75, 3.05) is 23.7 Å². The Labute approximate surface area is 118 Å². The molecule has 0 atom stereocenters. The first kappa shape index (κ1) is 12.7. The predicted octanol–water partition coefficient (Wildman–Crippen LogP) is 3.65. The molecule has 102 valence electrons. The summed E-state index contributed by atoms with van der Waals surface area (Å²) in [6, 6.07) is 12.7. The van der Waals surface area contributed by atoms with E-state index in [0.29, 0.717) is 0 Å². The molecule has 4 nitrogen and oxygen atoms in total. The van der Waals surface area contributed by atoms with Gasteiger partial charge in [0.15, 0.2) is 11.6 Å². The van der Waals surface area contributed by atoms with Crippen LogP contribution in [0.4, 0.5) is 11.6 Å². The lowest BCUT2D eigenvalue weighted by molar-refractivity contribution is 1.01. The number of aromatic nitrogens is 2. The molecule has 0 saturated carbocycles. The minimum absolute atomic E-state index is 0.831. The van der Waals surface area contributed by atoms with Crippen molar-refractivity contribution in [3.63, 3.8) is 0 Å². The molecule has 20 heavy (non-hydrogen) atoms. The monoisotopic (exact) mass is 266 g/mol. The molecule has 2 N–H and O–H groups in total. The van der Waals surface area contributed by atoms with Gasteiger partial charge in [-0.1, -0.05) is 24.3 Å². The van der Waals surface area contributed by atoms with E-state index < -0.39 is 0 Å². The maximum Gasteiger partial charge on any atom is 0.156 e. The second kappa shape index (κ2) is 5.33. The molecule has 0 spiro atoms. The number of benzene rings is 2. The van der Waals surface area contributed by atoms with Crippen molar-refractivity contribution < 1.29 is 0 Å². The molecule has 0 aliphatic heterocycles. The van der Waals surface area contributed by atoms with E-state index in [9.17, 15) is 0 Å². The summed E-state index contributed by atoms with van der Waals surface area (Å²) >= 11 is 0. The van der Waals surface area contributed by atoms with Gasteiger partial charge in [-0.3, -0.25) is 0 Å². The van der Waals surface area contributed by atoms with Crippen molar-refractivity contribution in [3.05, 3.63) is 36.4 Å². The van der Waals surface area contributed by atoms with Gasteiger partial charge in [0.2, 0.25) is 0 Å². The summed E-state index contributed by atoms with van der Waals surface area (Å²) in [7, 11) is 0. The molecule has 0 saturated heterocycles. The Morgan fingerprint density at radius 1 is 0.800 bits per heavy atom. The summed E-state index contributed by atoms with van der Waals surface area (Å²) in [6.45, 7) is 5.79. The molecule has 3 aromatic rings. The smallest absolute Gasteiger partial charge is 0.156 e. The zero-order valence-corrected chi connectivity index (χ0v) is 11.8. The largest absolute Gasteiger partial charge is 0.368 e. The zero-order chi connectivity index (χ0) is 13.9. The highest BCUT2D eigenvalue weighted by Gasteiger charge is 2.09. The molecular weight excluding hydrogens is 248 g/mol. The third kappa shape index (κ3) is 2.13.